The average molecular weight is 286 g/mol. The Kier molecular flexibility index (Phi) is 4.73. The molecule has 1 heterocycles. The second-order valence-electron chi connectivity index (χ2n) is 4.88. The van der Waals surface area contributed by atoms with E-state index in [0.29, 0.717) is 0 Å². The molecule has 0 saturated heterocycles. The Morgan fingerprint density at radius 2 is 2.10 bits per heavy atom. The molecule has 0 unspecified atom stereocenters. The largest absolute Gasteiger partial charge is 0.541 e. The van der Waals surface area contributed by atoms with E-state index >= 15 is 0 Å². The highest BCUT2D eigenvalue weighted by Crippen LogP contribution is 2.27. The molecule has 1 radical (unpaired) electrons. The third-order valence-electron chi connectivity index (χ3n) is 2.87. The minimum Gasteiger partial charge on any atom is -0.541 e. The van der Waals surface area contributed by atoms with Gasteiger partial charge in [0.25, 0.3) is 9.04 Å². The SMILES string of the molecule is Cc1nc(CC=Nc2ccccc2O[Si](C)C)cn1C. The van der Waals surface area contributed by atoms with Crippen LogP contribution < -0.4 is 4.43 Å². The summed E-state index contributed by atoms with van der Waals surface area (Å²) < 4.78 is 7.86. The van der Waals surface area contributed by atoms with Crippen LogP contribution in [0.25, 0.3) is 0 Å². The van der Waals surface area contributed by atoms with Crippen molar-refractivity contribution in [3.05, 3.63) is 42.0 Å². The van der Waals surface area contributed by atoms with Gasteiger partial charge in [0.05, 0.1) is 5.69 Å². The van der Waals surface area contributed by atoms with Crippen LogP contribution in [0.1, 0.15) is 11.5 Å². The van der Waals surface area contributed by atoms with Crippen molar-refractivity contribution in [3.8, 4) is 5.75 Å². The van der Waals surface area contributed by atoms with Gasteiger partial charge in [-0.1, -0.05) is 12.1 Å². The molecule has 0 saturated carbocycles. The monoisotopic (exact) mass is 286 g/mol. The summed E-state index contributed by atoms with van der Waals surface area (Å²) in [7, 11) is 1.22. The first-order valence-electron chi connectivity index (χ1n) is 6.64. The summed E-state index contributed by atoms with van der Waals surface area (Å²) in [5, 5.41) is 0. The number of nitrogens with zero attached hydrogens (tertiary/aromatic N) is 3. The van der Waals surface area contributed by atoms with E-state index in [1.165, 1.54) is 0 Å². The zero-order valence-corrected chi connectivity index (χ0v) is 13.4. The normalized spacial score (nSPS) is 11.4. The molecule has 2 aromatic rings. The minimum atomic E-state index is -0.777. The van der Waals surface area contributed by atoms with Crippen LogP contribution in [0.15, 0.2) is 35.5 Å². The smallest absolute Gasteiger partial charge is 0.274 e. The molecule has 0 aliphatic rings. The molecule has 0 aliphatic carbocycles. The van der Waals surface area contributed by atoms with Crippen LogP contribution in [0.4, 0.5) is 5.69 Å². The van der Waals surface area contributed by atoms with Gasteiger partial charge in [0.1, 0.15) is 17.3 Å². The van der Waals surface area contributed by atoms with Crippen LogP contribution in [0, 0.1) is 6.92 Å². The minimum absolute atomic E-state index is 0.728. The number of imidazole rings is 1. The van der Waals surface area contributed by atoms with Gasteiger partial charge in [-0.3, -0.25) is 4.99 Å². The number of para-hydroxylation sites is 2. The van der Waals surface area contributed by atoms with Crippen molar-refractivity contribution in [2.75, 3.05) is 0 Å². The number of aliphatic imine (C=N–C) groups is 1. The van der Waals surface area contributed by atoms with Crippen LogP contribution in [-0.4, -0.2) is 24.8 Å². The van der Waals surface area contributed by atoms with Gasteiger partial charge < -0.3 is 8.99 Å². The lowest BCUT2D eigenvalue weighted by Gasteiger charge is -2.10. The second-order valence-corrected chi connectivity index (χ2v) is 6.90. The number of hydrogen-bond acceptors (Lipinski definition) is 3. The van der Waals surface area contributed by atoms with E-state index in [-0.39, 0.29) is 0 Å². The first kappa shape index (κ1) is 14.5. The second kappa shape index (κ2) is 6.52. The molecule has 0 atom stereocenters. The zero-order chi connectivity index (χ0) is 14.5. The van der Waals surface area contributed by atoms with Crippen LogP contribution in [0.5, 0.6) is 5.75 Å². The lowest BCUT2D eigenvalue weighted by molar-refractivity contribution is 0.582. The number of benzene rings is 1. The summed E-state index contributed by atoms with van der Waals surface area (Å²) in [6.07, 6.45) is 4.65. The lowest BCUT2D eigenvalue weighted by atomic mass is 10.3. The maximum absolute atomic E-state index is 5.84. The molecule has 0 N–H and O–H groups in total. The molecule has 0 bridgehead atoms. The lowest BCUT2D eigenvalue weighted by Crippen LogP contribution is -2.11. The van der Waals surface area contributed by atoms with Gasteiger partial charge in [0, 0.05) is 25.9 Å². The third-order valence-corrected chi connectivity index (χ3v) is 3.50. The zero-order valence-electron chi connectivity index (χ0n) is 12.4. The topological polar surface area (TPSA) is 39.4 Å². The van der Waals surface area contributed by atoms with Gasteiger partial charge in [-0.15, -0.1) is 0 Å². The van der Waals surface area contributed by atoms with Crippen LogP contribution in [0.3, 0.4) is 0 Å². The predicted octanol–water partition coefficient (Wildman–Crippen LogP) is 3.30. The Morgan fingerprint density at radius 3 is 2.75 bits per heavy atom. The maximum Gasteiger partial charge on any atom is 0.274 e. The molecule has 1 aromatic heterocycles. The van der Waals surface area contributed by atoms with E-state index in [4.69, 9.17) is 4.43 Å². The van der Waals surface area contributed by atoms with E-state index in [2.05, 4.69) is 23.1 Å². The number of rotatable bonds is 5. The van der Waals surface area contributed by atoms with Gasteiger partial charge in [0.2, 0.25) is 0 Å². The average Bonchev–Trinajstić information content (AvgIpc) is 2.70. The van der Waals surface area contributed by atoms with Crippen LogP contribution in [-0.2, 0) is 13.5 Å². The van der Waals surface area contributed by atoms with Crippen molar-refractivity contribution in [1.82, 2.24) is 9.55 Å². The van der Waals surface area contributed by atoms with Gasteiger partial charge in [-0.05, 0) is 32.2 Å². The van der Waals surface area contributed by atoms with E-state index in [1.807, 2.05) is 55.2 Å². The molecule has 20 heavy (non-hydrogen) atoms. The van der Waals surface area contributed by atoms with E-state index in [1.54, 1.807) is 0 Å². The highest BCUT2D eigenvalue weighted by Gasteiger charge is 2.05. The number of aromatic nitrogens is 2. The molecule has 1 aromatic carbocycles. The summed E-state index contributed by atoms with van der Waals surface area (Å²) in [6, 6.07) is 7.89. The van der Waals surface area contributed by atoms with Crippen molar-refractivity contribution in [2.24, 2.45) is 12.0 Å². The Bertz CT molecular complexity index is 585. The Morgan fingerprint density at radius 1 is 1.35 bits per heavy atom. The van der Waals surface area contributed by atoms with Gasteiger partial charge >= 0.3 is 0 Å². The Hall–Kier alpha value is -1.88. The van der Waals surface area contributed by atoms with Crippen molar-refractivity contribution in [2.45, 2.75) is 26.4 Å². The van der Waals surface area contributed by atoms with Crippen molar-refractivity contribution >= 4 is 20.9 Å². The molecule has 105 valence electrons. The molecule has 0 amide bonds. The van der Waals surface area contributed by atoms with E-state index in [9.17, 15) is 0 Å². The molecule has 0 aliphatic heterocycles. The van der Waals surface area contributed by atoms with E-state index in [0.717, 1.165) is 29.4 Å². The third kappa shape index (κ3) is 3.80. The maximum atomic E-state index is 5.84. The molecule has 0 fully saturated rings. The van der Waals surface area contributed by atoms with Crippen LogP contribution >= 0.6 is 0 Å². The highest BCUT2D eigenvalue weighted by molar-refractivity contribution is 6.49. The summed E-state index contributed by atoms with van der Waals surface area (Å²) in [6.45, 7) is 6.22. The summed E-state index contributed by atoms with van der Waals surface area (Å²) in [5.74, 6) is 1.88. The number of hydrogen-bond donors (Lipinski definition) is 0. The number of aryl methyl sites for hydroxylation is 2. The standard InChI is InChI=1S/C15H20N3OSi/c1-12-17-13(11-18(12)2)9-10-16-14-7-5-6-8-15(14)19-20(3)4/h5-8,10-11H,9H2,1-4H3. The van der Waals surface area contributed by atoms with Crippen molar-refractivity contribution < 1.29 is 4.43 Å². The fourth-order valence-corrected chi connectivity index (χ4v) is 2.45. The first-order chi connectivity index (χ1) is 9.56. The molecular formula is C15H20N3OSi. The van der Waals surface area contributed by atoms with Gasteiger partial charge in [-0.25, -0.2) is 4.98 Å². The Labute approximate surface area is 121 Å². The molecule has 4 nitrogen and oxygen atoms in total. The summed E-state index contributed by atoms with van der Waals surface area (Å²) >= 11 is 0. The fourth-order valence-electron chi connectivity index (χ4n) is 1.84. The Balaban J connectivity index is 2.07. The van der Waals surface area contributed by atoms with Gasteiger partial charge in [0.15, 0.2) is 0 Å². The molecule has 2 rings (SSSR count). The van der Waals surface area contributed by atoms with Gasteiger partial charge in [-0.2, -0.15) is 0 Å². The summed E-state index contributed by atoms with van der Waals surface area (Å²) in [5.41, 5.74) is 1.91. The highest BCUT2D eigenvalue weighted by atomic mass is 28.3. The van der Waals surface area contributed by atoms with E-state index < -0.39 is 9.04 Å². The molecule has 5 heteroatoms. The van der Waals surface area contributed by atoms with Crippen LogP contribution in [0.2, 0.25) is 13.1 Å². The summed E-state index contributed by atoms with van der Waals surface area (Å²) in [4.78, 5) is 8.97. The quantitative estimate of drug-likeness (QED) is 0.625. The first-order valence-corrected chi connectivity index (χ1v) is 9.05. The predicted molar refractivity (Wildman–Crippen MR) is 84.4 cm³/mol. The van der Waals surface area contributed by atoms with Crippen molar-refractivity contribution in [3.63, 3.8) is 0 Å². The molecular weight excluding hydrogens is 266 g/mol. The fraction of sp³-hybridized carbons (Fsp3) is 0.333. The van der Waals surface area contributed by atoms with Crippen molar-refractivity contribution in [1.29, 1.82) is 0 Å². The molecule has 0 spiro atoms.